The van der Waals surface area contributed by atoms with Gasteiger partial charge in [0.1, 0.15) is 0 Å². The van der Waals surface area contributed by atoms with Crippen LogP contribution in [0.15, 0.2) is 18.2 Å². The van der Waals surface area contributed by atoms with E-state index in [4.69, 9.17) is 23.2 Å². The molecule has 3 nitrogen and oxygen atoms in total. The number of nitrogens with one attached hydrogen (secondary N) is 1. The summed E-state index contributed by atoms with van der Waals surface area (Å²) >= 11 is 12.1. The Labute approximate surface area is 123 Å². The zero-order valence-corrected chi connectivity index (χ0v) is 12.5. The van der Waals surface area contributed by atoms with Crippen LogP contribution in [-0.4, -0.2) is 36.5 Å². The average Bonchev–Trinajstić information content (AvgIpc) is 2.91. The van der Waals surface area contributed by atoms with Gasteiger partial charge in [0.15, 0.2) is 0 Å². The second-order valence-electron chi connectivity index (χ2n) is 4.74. The molecular formula is C14H18Cl2N2O. The van der Waals surface area contributed by atoms with Gasteiger partial charge in [-0.25, -0.2) is 0 Å². The molecule has 1 aromatic carbocycles. The number of rotatable bonds is 4. The van der Waals surface area contributed by atoms with E-state index in [9.17, 15) is 4.79 Å². The third-order valence-corrected chi connectivity index (χ3v) is 4.27. The van der Waals surface area contributed by atoms with Gasteiger partial charge in [-0.05, 0) is 38.4 Å². The molecule has 1 amide bonds. The zero-order valence-electron chi connectivity index (χ0n) is 11.0. The SMILES string of the molecule is CCN(CC1CCCN1)C(=O)c1cccc(Cl)c1Cl. The van der Waals surface area contributed by atoms with Crippen LogP contribution in [0.2, 0.25) is 10.0 Å². The van der Waals surface area contributed by atoms with Crippen molar-refractivity contribution in [3.8, 4) is 0 Å². The highest BCUT2D eigenvalue weighted by atomic mass is 35.5. The Bertz CT molecular complexity index is 459. The molecule has 0 bridgehead atoms. The fourth-order valence-electron chi connectivity index (χ4n) is 2.37. The number of benzene rings is 1. The van der Waals surface area contributed by atoms with Gasteiger partial charge in [0.25, 0.3) is 5.91 Å². The van der Waals surface area contributed by atoms with E-state index in [2.05, 4.69) is 5.32 Å². The Morgan fingerprint density at radius 1 is 1.47 bits per heavy atom. The predicted molar refractivity (Wildman–Crippen MR) is 79.1 cm³/mol. The van der Waals surface area contributed by atoms with Gasteiger partial charge in [-0.2, -0.15) is 0 Å². The van der Waals surface area contributed by atoms with Crippen molar-refractivity contribution in [1.29, 1.82) is 0 Å². The van der Waals surface area contributed by atoms with E-state index in [-0.39, 0.29) is 5.91 Å². The van der Waals surface area contributed by atoms with Crippen LogP contribution in [0.5, 0.6) is 0 Å². The minimum Gasteiger partial charge on any atom is -0.337 e. The molecule has 0 radical (unpaired) electrons. The summed E-state index contributed by atoms with van der Waals surface area (Å²) in [6.45, 7) is 4.40. The van der Waals surface area contributed by atoms with Crippen molar-refractivity contribution in [2.24, 2.45) is 0 Å². The predicted octanol–water partition coefficient (Wildman–Crippen LogP) is 3.21. The third-order valence-electron chi connectivity index (χ3n) is 3.45. The Balaban J connectivity index is 2.13. The summed E-state index contributed by atoms with van der Waals surface area (Å²) in [6, 6.07) is 5.56. The van der Waals surface area contributed by atoms with Crippen LogP contribution in [-0.2, 0) is 0 Å². The first kappa shape index (κ1) is 14.6. The molecule has 1 fully saturated rings. The van der Waals surface area contributed by atoms with Crippen LogP contribution in [0.3, 0.4) is 0 Å². The lowest BCUT2D eigenvalue weighted by Gasteiger charge is -2.25. The molecule has 1 unspecified atom stereocenters. The largest absolute Gasteiger partial charge is 0.337 e. The number of hydrogen-bond donors (Lipinski definition) is 1. The minimum absolute atomic E-state index is 0.0521. The van der Waals surface area contributed by atoms with E-state index >= 15 is 0 Å². The molecule has 1 atom stereocenters. The van der Waals surface area contributed by atoms with Gasteiger partial charge in [-0.15, -0.1) is 0 Å². The van der Waals surface area contributed by atoms with Crippen molar-refractivity contribution in [3.05, 3.63) is 33.8 Å². The first-order chi connectivity index (χ1) is 9.13. The summed E-state index contributed by atoms with van der Waals surface area (Å²) in [7, 11) is 0. The summed E-state index contributed by atoms with van der Waals surface area (Å²) in [5.41, 5.74) is 0.481. The smallest absolute Gasteiger partial charge is 0.255 e. The molecule has 0 aromatic heterocycles. The minimum atomic E-state index is -0.0521. The lowest BCUT2D eigenvalue weighted by Crippen LogP contribution is -2.41. The third kappa shape index (κ3) is 3.41. The number of amides is 1. The lowest BCUT2D eigenvalue weighted by atomic mass is 10.1. The van der Waals surface area contributed by atoms with Crippen LogP contribution in [0.25, 0.3) is 0 Å². The fourth-order valence-corrected chi connectivity index (χ4v) is 2.75. The Morgan fingerprint density at radius 3 is 2.89 bits per heavy atom. The molecule has 1 heterocycles. The molecule has 2 rings (SSSR count). The maximum Gasteiger partial charge on any atom is 0.255 e. The molecule has 0 spiro atoms. The molecule has 1 aliphatic rings. The summed E-state index contributed by atoms with van der Waals surface area (Å²) < 4.78 is 0. The number of nitrogens with zero attached hydrogens (tertiary/aromatic N) is 1. The van der Waals surface area contributed by atoms with E-state index < -0.39 is 0 Å². The van der Waals surface area contributed by atoms with Gasteiger partial charge in [-0.3, -0.25) is 4.79 Å². The molecule has 1 aromatic rings. The summed E-state index contributed by atoms with van der Waals surface area (Å²) in [4.78, 5) is 14.3. The molecule has 5 heteroatoms. The van der Waals surface area contributed by atoms with Crippen molar-refractivity contribution in [2.45, 2.75) is 25.8 Å². The second-order valence-corrected chi connectivity index (χ2v) is 5.52. The lowest BCUT2D eigenvalue weighted by molar-refractivity contribution is 0.0751. The van der Waals surface area contributed by atoms with Crippen LogP contribution < -0.4 is 5.32 Å². The summed E-state index contributed by atoms with van der Waals surface area (Å²) in [5.74, 6) is -0.0521. The molecule has 0 saturated carbocycles. The van der Waals surface area contributed by atoms with Crippen molar-refractivity contribution in [1.82, 2.24) is 10.2 Å². The highest BCUT2D eigenvalue weighted by Gasteiger charge is 2.23. The highest BCUT2D eigenvalue weighted by Crippen LogP contribution is 2.26. The normalized spacial score (nSPS) is 18.6. The highest BCUT2D eigenvalue weighted by molar-refractivity contribution is 6.43. The van der Waals surface area contributed by atoms with Crippen LogP contribution >= 0.6 is 23.2 Å². The molecule has 19 heavy (non-hydrogen) atoms. The number of carbonyl (C=O) groups excluding carboxylic acids is 1. The Morgan fingerprint density at radius 2 is 2.26 bits per heavy atom. The molecular weight excluding hydrogens is 283 g/mol. The fraction of sp³-hybridized carbons (Fsp3) is 0.500. The van der Waals surface area contributed by atoms with Crippen LogP contribution in [0, 0.1) is 0 Å². The van der Waals surface area contributed by atoms with Crippen molar-refractivity contribution in [2.75, 3.05) is 19.6 Å². The van der Waals surface area contributed by atoms with Crippen molar-refractivity contribution in [3.63, 3.8) is 0 Å². The number of hydrogen-bond acceptors (Lipinski definition) is 2. The first-order valence-corrected chi connectivity index (χ1v) is 7.35. The molecule has 0 aliphatic carbocycles. The van der Waals surface area contributed by atoms with Gasteiger partial charge in [0.05, 0.1) is 15.6 Å². The van der Waals surface area contributed by atoms with Crippen molar-refractivity contribution < 1.29 is 4.79 Å². The standard InChI is InChI=1S/C14H18Cl2N2O/c1-2-18(9-10-5-4-8-17-10)14(19)11-6-3-7-12(15)13(11)16/h3,6-7,10,17H,2,4-5,8-9H2,1H3. The maximum atomic E-state index is 12.5. The number of carbonyl (C=O) groups is 1. The van der Waals surface area contributed by atoms with Gasteiger partial charge in [-0.1, -0.05) is 29.3 Å². The van der Waals surface area contributed by atoms with Crippen LogP contribution in [0.1, 0.15) is 30.1 Å². The van der Waals surface area contributed by atoms with Gasteiger partial charge >= 0.3 is 0 Å². The average molecular weight is 301 g/mol. The topological polar surface area (TPSA) is 32.3 Å². The molecule has 104 valence electrons. The van der Waals surface area contributed by atoms with Gasteiger partial charge in [0.2, 0.25) is 0 Å². The second kappa shape index (κ2) is 6.60. The van der Waals surface area contributed by atoms with E-state index in [1.807, 2.05) is 11.8 Å². The first-order valence-electron chi connectivity index (χ1n) is 6.60. The molecule has 1 saturated heterocycles. The van der Waals surface area contributed by atoms with E-state index in [0.29, 0.717) is 28.2 Å². The Hall–Kier alpha value is -0.770. The van der Waals surface area contributed by atoms with E-state index in [0.717, 1.165) is 19.5 Å². The van der Waals surface area contributed by atoms with Gasteiger partial charge < -0.3 is 10.2 Å². The Kier molecular flexibility index (Phi) is 5.08. The quantitative estimate of drug-likeness (QED) is 0.926. The number of likely N-dealkylation sites (N-methyl/N-ethyl adjacent to an activating group) is 1. The zero-order chi connectivity index (χ0) is 13.8. The van der Waals surface area contributed by atoms with Crippen molar-refractivity contribution >= 4 is 29.1 Å². The molecule has 1 N–H and O–H groups in total. The molecule has 1 aliphatic heterocycles. The van der Waals surface area contributed by atoms with Crippen LogP contribution in [0.4, 0.5) is 0 Å². The monoisotopic (exact) mass is 300 g/mol. The van der Waals surface area contributed by atoms with Gasteiger partial charge in [0, 0.05) is 19.1 Å². The summed E-state index contributed by atoms with van der Waals surface area (Å²) in [5, 5.41) is 4.16. The van der Waals surface area contributed by atoms with E-state index in [1.54, 1.807) is 18.2 Å². The number of halogens is 2. The van der Waals surface area contributed by atoms with E-state index in [1.165, 1.54) is 6.42 Å². The summed E-state index contributed by atoms with van der Waals surface area (Å²) in [6.07, 6.45) is 2.29. The maximum absolute atomic E-state index is 12.5.